The number of hydrogen-bond donors (Lipinski definition) is 0. The van der Waals surface area contributed by atoms with Gasteiger partial charge in [-0.3, -0.25) is 4.79 Å². The Hall–Kier alpha value is -3.64. The molecule has 0 saturated carbocycles. The third kappa shape index (κ3) is 9.93. The maximum atomic E-state index is 13.3. The molecule has 8 nitrogen and oxygen atoms in total. The number of carbonyl (C=O) groups is 1. The third-order valence-corrected chi connectivity index (χ3v) is 9.50. The largest absolute Gasteiger partial charge is 0.348 e. The van der Waals surface area contributed by atoms with Crippen LogP contribution in [0.25, 0.3) is 11.3 Å². The van der Waals surface area contributed by atoms with Gasteiger partial charge in [0, 0.05) is 30.6 Å². The Labute approximate surface area is 286 Å². The van der Waals surface area contributed by atoms with Crippen molar-refractivity contribution in [3.05, 3.63) is 53.1 Å². The Morgan fingerprint density at radius 2 is 1.49 bits per heavy atom. The van der Waals surface area contributed by atoms with E-state index in [4.69, 9.17) is 15.0 Å². The molecule has 1 aliphatic rings. The van der Waals surface area contributed by atoms with Gasteiger partial charge < -0.3 is 4.90 Å². The predicted molar refractivity (Wildman–Crippen MR) is 195 cm³/mol. The van der Waals surface area contributed by atoms with E-state index < -0.39 is 5.91 Å². The van der Waals surface area contributed by atoms with Crippen LogP contribution in [0.5, 0.6) is 0 Å². The summed E-state index contributed by atoms with van der Waals surface area (Å²) < 4.78 is 1.26. The maximum Gasteiger partial charge on any atom is 0.291 e. The molecule has 2 aromatic heterocycles. The van der Waals surface area contributed by atoms with E-state index in [0.717, 1.165) is 47.3 Å². The lowest BCUT2D eigenvalue weighted by Crippen LogP contribution is -2.28. The summed E-state index contributed by atoms with van der Waals surface area (Å²) in [5, 5.41) is 16.2. The summed E-state index contributed by atoms with van der Waals surface area (Å²) >= 11 is 1.58. The Bertz CT molecular complexity index is 1550. The normalized spacial score (nSPS) is 14.1. The van der Waals surface area contributed by atoms with E-state index in [1.54, 1.807) is 18.3 Å². The Morgan fingerprint density at radius 3 is 2.06 bits per heavy atom. The van der Waals surface area contributed by atoms with Crippen LogP contribution in [0.15, 0.2) is 46.5 Å². The fourth-order valence-electron chi connectivity index (χ4n) is 5.88. The molecular weight excluding hydrogens is 603 g/mol. The van der Waals surface area contributed by atoms with Crippen LogP contribution >= 0.6 is 11.3 Å². The predicted octanol–water partition coefficient (Wildman–Crippen LogP) is 10.1. The number of nitrogens with zero attached hydrogens (tertiary/aromatic N) is 7. The van der Waals surface area contributed by atoms with E-state index in [0.29, 0.717) is 29.4 Å². The maximum absolute atomic E-state index is 13.3. The van der Waals surface area contributed by atoms with Gasteiger partial charge in [0.25, 0.3) is 5.91 Å². The number of benzene rings is 1. The van der Waals surface area contributed by atoms with E-state index >= 15 is 0 Å². The second-order valence-corrected chi connectivity index (χ2v) is 14.9. The molecule has 0 spiro atoms. The number of nitriles is 1. The average molecular weight is 656 g/mol. The lowest BCUT2D eigenvalue weighted by molar-refractivity contribution is 0.0941. The molecule has 1 aromatic carbocycles. The highest BCUT2D eigenvalue weighted by atomic mass is 32.1. The van der Waals surface area contributed by atoms with Crippen molar-refractivity contribution >= 4 is 33.1 Å². The molecule has 47 heavy (non-hydrogen) atoms. The first kappa shape index (κ1) is 36.2. The van der Waals surface area contributed by atoms with Crippen LogP contribution in [0.1, 0.15) is 135 Å². The molecule has 0 unspecified atom stereocenters. The van der Waals surface area contributed by atoms with Gasteiger partial charge in [-0.05, 0) is 25.2 Å². The topological polar surface area (TPSA) is 100 Å². The van der Waals surface area contributed by atoms with Crippen molar-refractivity contribution in [2.24, 2.45) is 10.4 Å². The van der Waals surface area contributed by atoms with Gasteiger partial charge in [-0.15, -0.1) is 5.10 Å². The zero-order chi connectivity index (χ0) is 33.8. The number of aliphatic imine (C=N–C) groups is 1. The SMILES string of the molecule is CCCCCCCCN(CCCCCCCC)c1nc(-c2ccccc2)c(N=C2C(C)=C(C#N)C(=O)n3nc(CC(C)(C)C)nc32)s1. The number of allylic oxidation sites excluding steroid dienone is 2. The Kier molecular flexibility index (Phi) is 13.5. The molecule has 4 rings (SSSR count). The van der Waals surface area contributed by atoms with Crippen LogP contribution in [-0.4, -0.2) is 44.5 Å². The minimum absolute atomic E-state index is 0.0437. The van der Waals surface area contributed by atoms with Crippen molar-refractivity contribution < 1.29 is 4.79 Å². The number of hydrogen-bond acceptors (Lipinski definition) is 8. The van der Waals surface area contributed by atoms with Crippen molar-refractivity contribution in [2.45, 2.75) is 125 Å². The first-order chi connectivity index (χ1) is 22.7. The molecule has 0 amide bonds. The highest BCUT2D eigenvalue weighted by molar-refractivity contribution is 7.19. The van der Waals surface area contributed by atoms with E-state index in [2.05, 4.69) is 62.8 Å². The number of unbranched alkanes of at least 4 members (excludes halogenated alkanes) is 10. The average Bonchev–Trinajstić information content (AvgIpc) is 3.66. The van der Waals surface area contributed by atoms with Crippen LogP contribution in [0.3, 0.4) is 0 Å². The van der Waals surface area contributed by atoms with Gasteiger partial charge in [-0.25, -0.2) is 15.0 Å². The van der Waals surface area contributed by atoms with Crippen LogP contribution < -0.4 is 4.90 Å². The minimum Gasteiger partial charge on any atom is -0.348 e. The third-order valence-electron chi connectivity index (χ3n) is 8.49. The van der Waals surface area contributed by atoms with Crippen molar-refractivity contribution in [3.8, 4) is 17.3 Å². The summed E-state index contributed by atoms with van der Waals surface area (Å²) in [6.45, 7) is 14.6. The number of aromatic nitrogens is 4. The molecule has 252 valence electrons. The van der Waals surface area contributed by atoms with Gasteiger partial charge in [0.15, 0.2) is 16.8 Å². The fourth-order valence-corrected chi connectivity index (χ4v) is 6.90. The Morgan fingerprint density at radius 1 is 0.894 bits per heavy atom. The number of rotatable bonds is 18. The van der Waals surface area contributed by atoms with Gasteiger partial charge >= 0.3 is 0 Å². The van der Waals surface area contributed by atoms with E-state index in [1.807, 2.05) is 18.2 Å². The summed E-state index contributed by atoms with van der Waals surface area (Å²) in [4.78, 5) is 31.0. The van der Waals surface area contributed by atoms with Crippen molar-refractivity contribution in [2.75, 3.05) is 18.0 Å². The van der Waals surface area contributed by atoms with Crippen molar-refractivity contribution in [1.82, 2.24) is 19.7 Å². The fraction of sp³-hybridized carbons (Fsp3) is 0.579. The molecule has 0 aliphatic carbocycles. The van der Waals surface area contributed by atoms with Gasteiger partial charge in [-0.1, -0.05) is 140 Å². The zero-order valence-corrected chi connectivity index (χ0v) is 30.3. The van der Waals surface area contributed by atoms with Crippen LogP contribution in [0.4, 0.5) is 10.1 Å². The lowest BCUT2D eigenvalue weighted by atomic mass is 9.92. The molecule has 9 heteroatoms. The Balaban J connectivity index is 1.74. The highest BCUT2D eigenvalue weighted by Crippen LogP contribution is 2.41. The van der Waals surface area contributed by atoms with Crippen molar-refractivity contribution in [1.29, 1.82) is 5.26 Å². The molecule has 0 atom stereocenters. The number of anilines is 1. The van der Waals surface area contributed by atoms with Gasteiger partial charge in [-0.2, -0.15) is 9.94 Å². The van der Waals surface area contributed by atoms with E-state index in [1.165, 1.54) is 68.9 Å². The van der Waals surface area contributed by atoms with Gasteiger partial charge in [0.2, 0.25) is 0 Å². The summed E-state index contributed by atoms with van der Waals surface area (Å²) in [5.74, 6) is 0.498. The summed E-state index contributed by atoms with van der Waals surface area (Å²) in [6.07, 6.45) is 15.6. The molecule has 0 radical (unpaired) electrons. The highest BCUT2D eigenvalue weighted by Gasteiger charge is 2.33. The number of fused-ring (bicyclic) bond motifs is 1. The molecule has 1 aliphatic heterocycles. The second-order valence-electron chi connectivity index (χ2n) is 13.9. The molecule has 3 heterocycles. The van der Waals surface area contributed by atoms with Crippen LogP contribution in [0, 0.1) is 16.7 Å². The zero-order valence-electron chi connectivity index (χ0n) is 29.4. The van der Waals surface area contributed by atoms with Crippen LogP contribution in [-0.2, 0) is 6.42 Å². The quantitative estimate of drug-likeness (QED) is 0.126. The van der Waals surface area contributed by atoms with E-state index in [-0.39, 0.29) is 11.0 Å². The molecule has 0 bridgehead atoms. The van der Waals surface area contributed by atoms with Crippen molar-refractivity contribution in [3.63, 3.8) is 0 Å². The molecule has 0 saturated heterocycles. The second kappa shape index (κ2) is 17.5. The summed E-state index contributed by atoms with van der Waals surface area (Å²) in [5.41, 5.74) is 2.78. The molecule has 0 N–H and O–H groups in total. The standard InChI is InChI=1S/C38H53N7OS/c1-7-9-11-13-15-20-24-44(25-21-16-14-12-10-8-2)37-42-33(29-22-18-17-19-23-29)35(47-37)41-32-28(3)30(27-39)36(46)45-34(32)40-31(43-45)26-38(4,5)6/h17-19,22-23H,7-16,20-21,24-26H2,1-6H3. The molecule has 0 fully saturated rings. The first-order valence-electron chi connectivity index (χ1n) is 17.7. The lowest BCUT2D eigenvalue weighted by Gasteiger charge is -2.22. The number of thiazole rings is 1. The smallest absolute Gasteiger partial charge is 0.291 e. The number of carbonyl (C=O) groups excluding carboxylic acids is 1. The van der Waals surface area contributed by atoms with Crippen LogP contribution in [0.2, 0.25) is 0 Å². The van der Waals surface area contributed by atoms with E-state index in [9.17, 15) is 10.1 Å². The summed E-state index contributed by atoms with van der Waals surface area (Å²) in [6, 6.07) is 12.3. The first-order valence-corrected chi connectivity index (χ1v) is 18.5. The van der Waals surface area contributed by atoms with Gasteiger partial charge in [0.1, 0.15) is 28.0 Å². The summed E-state index contributed by atoms with van der Waals surface area (Å²) in [7, 11) is 0. The monoisotopic (exact) mass is 655 g/mol. The molecule has 3 aromatic rings. The van der Waals surface area contributed by atoms with Gasteiger partial charge in [0.05, 0.1) is 0 Å². The minimum atomic E-state index is -0.455. The molecular formula is C38H53N7OS.